The number of morpholine rings is 1. The minimum Gasteiger partial charge on any atom is -0.493 e. The van der Waals surface area contributed by atoms with E-state index in [1.807, 2.05) is 0 Å². The maximum Gasteiger partial charge on any atom is 0.387 e. The van der Waals surface area contributed by atoms with Crippen molar-refractivity contribution in [1.82, 2.24) is 15.5 Å². The Hall–Kier alpha value is -1.97. The van der Waals surface area contributed by atoms with Gasteiger partial charge in [0.1, 0.15) is 6.10 Å². The van der Waals surface area contributed by atoms with E-state index >= 15 is 0 Å². The molecule has 7 nitrogen and oxygen atoms in total. The van der Waals surface area contributed by atoms with Gasteiger partial charge in [0.15, 0.2) is 11.5 Å². The summed E-state index contributed by atoms with van der Waals surface area (Å²) < 4.78 is 44.8. The number of benzene rings is 1. The fraction of sp³-hybridized carbons (Fsp3) is 0.429. The van der Waals surface area contributed by atoms with E-state index in [1.54, 1.807) is 6.07 Å². The first-order chi connectivity index (χ1) is 11.2. The second-order valence-corrected chi connectivity index (χ2v) is 4.76. The number of hydrogen-bond donors (Lipinski definition) is 1. The number of nitrogens with zero attached hydrogens (tertiary/aromatic N) is 2. The molecular weight excluding hydrogens is 348 g/mol. The summed E-state index contributed by atoms with van der Waals surface area (Å²) in [7, 11) is 1.36. The Bertz CT molecular complexity index is 665. The summed E-state index contributed by atoms with van der Waals surface area (Å²) in [5.41, 5.74) is 0.558. The van der Waals surface area contributed by atoms with E-state index in [1.165, 1.54) is 19.2 Å². The van der Waals surface area contributed by atoms with Gasteiger partial charge in [0, 0.05) is 18.7 Å². The van der Waals surface area contributed by atoms with Crippen LogP contribution >= 0.6 is 12.4 Å². The number of halogens is 3. The van der Waals surface area contributed by atoms with Gasteiger partial charge in [-0.25, -0.2) is 0 Å². The number of nitrogens with one attached hydrogen (secondary N) is 1. The van der Waals surface area contributed by atoms with Crippen molar-refractivity contribution in [3.8, 4) is 22.9 Å². The highest BCUT2D eigenvalue weighted by molar-refractivity contribution is 5.85. The summed E-state index contributed by atoms with van der Waals surface area (Å²) in [5.74, 6) is 0.773. The molecule has 10 heteroatoms. The van der Waals surface area contributed by atoms with Crippen LogP contribution in [0.5, 0.6) is 11.5 Å². The van der Waals surface area contributed by atoms with Crippen molar-refractivity contribution in [2.45, 2.75) is 12.7 Å². The molecule has 0 aliphatic carbocycles. The molecule has 0 amide bonds. The lowest BCUT2D eigenvalue weighted by Crippen LogP contribution is -2.33. The first-order valence-electron chi connectivity index (χ1n) is 6.96. The molecule has 1 atom stereocenters. The topological polar surface area (TPSA) is 78.6 Å². The van der Waals surface area contributed by atoms with Gasteiger partial charge >= 0.3 is 6.61 Å². The zero-order chi connectivity index (χ0) is 16.2. The molecule has 1 aromatic carbocycles. The standard InChI is InChI=1S/C14H15F2N3O4.ClH/c1-20-10-6-8(2-3-9(10)22-14(15)16)12-18-13(23-19-12)11-7-17-4-5-21-11;/h2-3,6,11,14,17H,4-5,7H2,1H3;1H/t11-;/m1./s1. The van der Waals surface area contributed by atoms with Crippen molar-refractivity contribution < 1.29 is 27.5 Å². The van der Waals surface area contributed by atoms with E-state index in [0.29, 0.717) is 30.4 Å². The summed E-state index contributed by atoms with van der Waals surface area (Å²) >= 11 is 0. The molecule has 132 valence electrons. The molecule has 1 aromatic heterocycles. The van der Waals surface area contributed by atoms with Gasteiger partial charge in [-0.05, 0) is 18.2 Å². The molecule has 0 bridgehead atoms. The molecule has 1 fully saturated rings. The van der Waals surface area contributed by atoms with Crippen molar-refractivity contribution in [3.63, 3.8) is 0 Å². The quantitative estimate of drug-likeness (QED) is 0.874. The predicted octanol–water partition coefficient (Wildman–Crippen LogP) is 2.43. The molecule has 0 saturated carbocycles. The van der Waals surface area contributed by atoms with Crippen molar-refractivity contribution in [3.05, 3.63) is 24.1 Å². The van der Waals surface area contributed by atoms with Crippen LogP contribution in [0.15, 0.2) is 22.7 Å². The second-order valence-electron chi connectivity index (χ2n) is 4.76. The molecule has 0 spiro atoms. The summed E-state index contributed by atoms with van der Waals surface area (Å²) in [6.45, 7) is -0.995. The van der Waals surface area contributed by atoms with E-state index in [9.17, 15) is 8.78 Å². The van der Waals surface area contributed by atoms with Crippen LogP contribution < -0.4 is 14.8 Å². The summed E-state index contributed by atoms with van der Waals surface area (Å²) in [4.78, 5) is 4.28. The van der Waals surface area contributed by atoms with Crippen molar-refractivity contribution in [2.75, 3.05) is 26.8 Å². The van der Waals surface area contributed by atoms with E-state index in [4.69, 9.17) is 14.0 Å². The third-order valence-electron chi connectivity index (χ3n) is 3.28. The van der Waals surface area contributed by atoms with Crippen LogP contribution in [0.1, 0.15) is 12.0 Å². The largest absolute Gasteiger partial charge is 0.493 e. The Labute approximate surface area is 142 Å². The van der Waals surface area contributed by atoms with Crippen LogP contribution in [0.2, 0.25) is 0 Å². The molecule has 0 unspecified atom stereocenters. The first-order valence-corrected chi connectivity index (χ1v) is 6.96. The van der Waals surface area contributed by atoms with E-state index < -0.39 is 6.61 Å². The number of methoxy groups -OCH3 is 1. The van der Waals surface area contributed by atoms with Gasteiger partial charge in [0.25, 0.3) is 5.89 Å². The molecule has 1 aliphatic heterocycles. The highest BCUT2D eigenvalue weighted by Gasteiger charge is 2.23. The molecule has 1 aliphatic rings. The molecule has 3 rings (SSSR count). The van der Waals surface area contributed by atoms with Gasteiger partial charge in [-0.2, -0.15) is 13.8 Å². The molecule has 1 N–H and O–H groups in total. The van der Waals surface area contributed by atoms with E-state index in [-0.39, 0.29) is 30.0 Å². The van der Waals surface area contributed by atoms with E-state index in [0.717, 1.165) is 6.54 Å². The van der Waals surface area contributed by atoms with Crippen LogP contribution in [0.4, 0.5) is 8.78 Å². The summed E-state index contributed by atoms with van der Waals surface area (Å²) in [6, 6.07) is 4.43. The average molecular weight is 364 g/mol. The monoisotopic (exact) mass is 363 g/mol. The third-order valence-corrected chi connectivity index (χ3v) is 3.28. The lowest BCUT2D eigenvalue weighted by molar-refractivity contribution is -0.0512. The lowest BCUT2D eigenvalue weighted by atomic mass is 10.2. The zero-order valence-electron chi connectivity index (χ0n) is 12.7. The van der Waals surface area contributed by atoms with Gasteiger partial charge in [-0.15, -0.1) is 12.4 Å². The Morgan fingerprint density at radius 3 is 2.83 bits per heavy atom. The van der Waals surface area contributed by atoms with Crippen molar-refractivity contribution in [1.29, 1.82) is 0 Å². The number of hydrogen-bond acceptors (Lipinski definition) is 7. The predicted molar refractivity (Wildman–Crippen MR) is 81.7 cm³/mol. The third kappa shape index (κ3) is 4.11. The van der Waals surface area contributed by atoms with Crippen LogP contribution in [0, 0.1) is 0 Å². The molecule has 2 aromatic rings. The summed E-state index contributed by atoms with van der Waals surface area (Å²) in [5, 5.41) is 7.06. The zero-order valence-corrected chi connectivity index (χ0v) is 13.5. The van der Waals surface area contributed by atoms with Gasteiger partial charge in [0.2, 0.25) is 5.82 Å². The van der Waals surface area contributed by atoms with Gasteiger partial charge in [0.05, 0.1) is 13.7 Å². The fourth-order valence-electron chi connectivity index (χ4n) is 2.21. The van der Waals surface area contributed by atoms with Crippen LogP contribution in [0.3, 0.4) is 0 Å². The normalized spacial score (nSPS) is 17.4. The lowest BCUT2D eigenvalue weighted by Gasteiger charge is -2.19. The molecule has 24 heavy (non-hydrogen) atoms. The van der Waals surface area contributed by atoms with Crippen LogP contribution in [-0.4, -0.2) is 43.6 Å². The highest BCUT2D eigenvalue weighted by atomic mass is 35.5. The first kappa shape index (κ1) is 18.4. The van der Waals surface area contributed by atoms with Crippen LogP contribution in [0.25, 0.3) is 11.4 Å². The van der Waals surface area contributed by atoms with Gasteiger partial charge < -0.3 is 24.1 Å². The molecule has 2 heterocycles. The molecular formula is C14H16ClF2N3O4. The molecule has 0 radical (unpaired) electrons. The second kappa shape index (κ2) is 8.22. The smallest absolute Gasteiger partial charge is 0.387 e. The van der Waals surface area contributed by atoms with Crippen LogP contribution in [-0.2, 0) is 4.74 Å². The average Bonchev–Trinajstić information content (AvgIpc) is 3.05. The summed E-state index contributed by atoms with van der Waals surface area (Å²) in [6.07, 6.45) is -0.298. The Morgan fingerprint density at radius 1 is 1.33 bits per heavy atom. The Balaban J connectivity index is 0.00000208. The van der Waals surface area contributed by atoms with E-state index in [2.05, 4.69) is 20.2 Å². The number of rotatable bonds is 5. The fourth-order valence-corrected chi connectivity index (χ4v) is 2.21. The highest BCUT2D eigenvalue weighted by Crippen LogP contribution is 2.33. The van der Waals surface area contributed by atoms with Crippen molar-refractivity contribution >= 4 is 12.4 Å². The van der Waals surface area contributed by atoms with Gasteiger partial charge in [-0.1, -0.05) is 5.16 Å². The maximum absolute atomic E-state index is 12.3. The van der Waals surface area contributed by atoms with Gasteiger partial charge in [-0.3, -0.25) is 0 Å². The Kier molecular flexibility index (Phi) is 6.29. The maximum atomic E-state index is 12.3. The molecule has 1 saturated heterocycles. The Morgan fingerprint density at radius 2 is 2.17 bits per heavy atom. The number of ether oxygens (including phenoxy) is 3. The number of alkyl halides is 2. The minimum atomic E-state index is -2.93. The SMILES string of the molecule is COc1cc(-c2noc([C@H]3CNCCO3)n2)ccc1OC(F)F.Cl. The number of aromatic nitrogens is 2. The van der Waals surface area contributed by atoms with Crippen molar-refractivity contribution in [2.24, 2.45) is 0 Å². The minimum absolute atomic E-state index is 0.